The SMILES string of the molecule is CC1=C(N2CCC3(CCC(CCc4ccc(-n5ncnn5)nc4)CC3)C2=O)COC1=O. The van der Waals surface area contributed by atoms with E-state index in [-0.39, 0.29) is 23.9 Å². The number of carbonyl (C=O) groups is 2. The minimum absolute atomic E-state index is 0.195. The number of likely N-dealkylation sites (tertiary alicyclic amines) is 1. The molecule has 1 amide bonds. The van der Waals surface area contributed by atoms with Crippen LogP contribution in [0.2, 0.25) is 0 Å². The molecule has 2 aliphatic heterocycles. The van der Waals surface area contributed by atoms with Gasteiger partial charge in [0.1, 0.15) is 6.61 Å². The van der Waals surface area contributed by atoms with Gasteiger partial charge in [-0.05, 0) is 74.6 Å². The highest BCUT2D eigenvalue weighted by Gasteiger charge is 2.50. The number of rotatable bonds is 5. The van der Waals surface area contributed by atoms with Crippen molar-refractivity contribution >= 4 is 11.9 Å². The molecule has 9 heteroatoms. The fourth-order valence-corrected chi connectivity index (χ4v) is 5.14. The average molecular weight is 422 g/mol. The monoisotopic (exact) mass is 422 g/mol. The molecular weight excluding hydrogens is 396 g/mol. The van der Waals surface area contributed by atoms with E-state index >= 15 is 0 Å². The number of hydrogen-bond acceptors (Lipinski definition) is 7. The van der Waals surface area contributed by atoms with Gasteiger partial charge >= 0.3 is 5.97 Å². The van der Waals surface area contributed by atoms with Crippen molar-refractivity contribution in [1.82, 2.24) is 30.1 Å². The van der Waals surface area contributed by atoms with E-state index < -0.39 is 0 Å². The Morgan fingerprint density at radius 2 is 2.03 bits per heavy atom. The van der Waals surface area contributed by atoms with Crippen LogP contribution in [0.4, 0.5) is 0 Å². The highest BCUT2D eigenvalue weighted by Crippen LogP contribution is 2.48. The average Bonchev–Trinajstić information content (AvgIpc) is 3.51. The van der Waals surface area contributed by atoms with Gasteiger partial charge in [-0.2, -0.15) is 0 Å². The minimum atomic E-state index is -0.299. The lowest BCUT2D eigenvalue weighted by Crippen LogP contribution is -2.37. The topological polar surface area (TPSA) is 103 Å². The Hall–Kier alpha value is -3.10. The fraction of sp³-hybridized carbons (Fsp3) is 0.545. The minimum Gasteiger partial charge on any atom is -0.456 e. The number of cyclic esters (lactones) is 1. The second kappa shape index (κ2) is 7.86. The summed E-state index contributed by atoms with van der Waals surface area (Å²) in [4.78, 5) is 32.6. The number of ether oxygens (including phenoxy) is 1. The first-order valence-corrected chi connectivity index (χ1v) is 10.9. The second-order valence-corrected chi connectivity index (χ2v) is 8.87. The van der Waals surface area contributed by atoms with Crippen LogP contribution in [0, 0.1) is 11.3 Å². The number of amides is 1. The molecule has 1 aliphatic carbocycles. The molecule has 0 atom stereocenters. The summed E-state index contributed by atoms with van der Waals surface area (Å²) >= 11 is 0. The molecule has 9 nitrogen and oxygen atoms in total. The molecule has 0 unspecified atom stereocenters. The molecular formula is C22H26N6O3. The fourth-order valence-electron chi connectivity index (χ4n) is 5.14. The van der Waals surface area contributed by atoms with E-state index in [4.69, 9.17) is 4.74 Å². The second-order valence-electron chi connectivity index (χ2n) is 8.87. The zero-order chi connectivity index (χ0) is 21.4. The largest absolute Gasteiger partial charge is 0.456 e. The van der Waals surface area contributed by atoms with Crippen molar-refractivity contribution in [3.8, 4) is 5.82 Å². The van der Waals surface area contributed by atoms with Gasteiger partial charge in [-0.3, -0.25) is 4.79 Å². The van der Waals surface area contributed by atoms with Gasteiger partial charge in [0.25, 0.3) is 0 Å². The van der Waals surface area contributed by atoms with Gasteiger partial charge in [0.2, 0.25) is 5.91 Å². The first-order valence-electron chi connectivity index (χ1n) is 10.9. The highest BCUT2D eigenvalue weighted by molar-refractivity contribution is 5.94. The Morgan fingerprint density at radius 1 is 1.19 bits per heavy atom. The van der Waals surface area contributed by atoms with Crippen LogP contribution in [-0.2, 0) is 20.7 Å². The van der Waals surface area contributed by atoms with Crippen molar-refractivity contribution < 1.29 is 14.3 Å². The maximum atomic E-state index is 13.2. The van der Waals surface area contributed by atoms with E-state index in [9.17, 15) is 9.59 Å². The summed E-state index contributed by atoms with van der Waals surface area (Å²) in [5.74, 6) is 1.18. The van der Waals surface area contributed by atoms with Crippen LogP contribution < -0.4 is 0 Å². The van der Waals surface area contributed by atoms with E-state index in [2.05, 4.69) is 26.5 Å². The number of aromatic nitrogens is 5. The van der Waals surface area contributed by atoms with Crippen molar-refractivity contribution in [2.24, 2.45) is 11.3 Å². The van der Waals surface area contributed by atoms with Gasteiger partial charge < -0.3 is 9.64 Å². The summed E-state index contributed by atoms with van der Waals surface area (Å²) in [5.41, 5.74) is 2.30. The number of hydrogen-bond donors (Lipinski definition) is 0. The molecule has 1 spiro atoms. The van der Waals surface area contributed by atoms with Gasteiger partial charge in [0, 0.05) is 12.7 Å². The Labute approximate surface area is 180 Å². The van der Waals surface area contributed by atoms with Crippen LogP contribution in [0.5, 0.6) is 0 Å². The smallest absolute Gasteiger partial charge is 0.336 e. The first kappa shape index (κ1) is 19.8. The molecule has 2 fully saturated rings. The summed E-state index contributed by atoms with van der Waals surface area (Å²) in [7, 11) is 0. The van der Waals surface area contributed by atoms with Crippen LogP contribution >= 0.6 is 0 Å². The molecule has 1 saturated heterocycles. The zero-order valence-electron chi connectivity index (χ0n) is 17.7. The molecule has 5 rings (SSSR count). The molecule has 31 heavy (non-hydrogen) atoms. The van der Waals surface area contributed by atoms with E-state index in [0.29, 0.717) is 23.9 Å². The third-order valence-corrected chi connectivity index (χ3v) is 7.18. The molecule has 162 valence electrons. The van der Waals surface area contributed by atoms with Gasteiger partial charge in [-0.1, -0.05) is 6.07 Å². The third kappa shape index (κ3) is 3.62. The Kier molecular flexibility index (Phi) is 5.03. The molecule has 2 aromatic rings. The molecule has 4 heterocycles. The summed E-state index contributed by atoms with van der Waals surface area (Å²) in [6, 6.07) is 3.97. The summed E-state index contributed by atoms with van der Waals surface area (Å²) in [6.45, 7) is 2.68. The van der Waals surface area contributed by atoms with E-state index in [1.165, 1.54) is 16.7 Å². The highest BCUT2D eigenvalue weighted by atomic mass is 16.5. The summed E-state index contributed by atoms with van der Waals surface area (Å²) in [6.07, 6.45) is 10.2. The molecule has 0 bridgehead atoms. The Morgan fingerprint density at radius 3 is 2.68 bits per heavy atom. The maximum Gasteiger partial charge on any atom is 0.336 e. The molecule has 3 aliphatic rings. The molecule has 0 radical (unpaired) electrons. The lowest BCUT2D eigenvalue weighted by molar-refractivity contribution is -0.138. The van der Waals surface area contributed by atoms with Crippen molar-refractivity contribution in [1.29, 1.82) is 0 Å². The lowest BCUT2D eigenvalue weighted by atomic mass is 9.68. The number of nitrogens with zero attached hydrogens (tertiary/aromatic N) is 6. The number of esters is 1. The third-order valence-electron chi connectivity index (χ3n) is 7.18. The lowest BCUT2D eigenvalue weighted by Gasteiger charge is -2.36. The predicted molar refractivity (Wildman–Crippen MR) is 110 cm³/mol. The van der Waals surface area contributed by atoms with Crippen LogP contribution in [0.3, 0.4) is 0 Å². The standard InChI is InChI=1S/C22H26N6O3/c1-15-18(13-31-20(15)29)27-11-10-22(21(27)30)8-6-16(7-9-22)2-3-17-4-5-19(23-12-17)28-25-14-24-26-28/h4-5,12,14,16H,2-3,6-11,13H2,1H3. The molecule has 1 saturated carbocycles. The van der Waals surface area contributed by atoms with Crippen LogP contribution in [0.1, 0.15) is 51.0 Å². The van der Waals surface area contributed by atoms with Gasteiger partial charge in [0.05, 0.1) is 16.7 Å². The van der Waals surface area contributed by atoms with Crippen molar-refractivity contribution in [3.05, 3.63) is 41.5 Å². The predicted octanol–water partition coefficient (Wildman–Crippen LogP) is 2.23. The van der Waals surface area contributed by atoms with Crippen molar-refractivity contribution in [2.75, 3.05) is 13.2 Å². The summed E-state index contributed by atoms with van der Waals surface area (Å²) in [5, 5.41) is 11.5. The maximum absolute atomic E-state index is 13.2. The molecule has 2 aromatic heterocycles. The molecule has 0 N–H and O–H groups in total. The quantitative estimate of drug-likeness (QED) is 0.681. The van der Waals surface area contributed by atoms with Gasteiger partial charge in [-0.25, -0.2) is 9.78 Å². The van der Waals surface area contributed by atoms with Gasteiger partial charge in [-0.15, -0.1) is 15.0 Å². The van der Waals surface area contributed by atoms with Crippen molar-refractivity contribution in [2.45, 2.75) is 51.9 Å². The number of tetrazole rings is 1. The molecule has 0 aromatic carbocycles. The Balaban J connectivity index is 1.15. The van der Waals surface area contributed by atoms with E-state index in [0.717, 1.165) is 50.6 Å². The van der Waals surface area contributed by atoms with Crippen molar-refractivity contribution in [3.63, 3.8) is 0 Å². The van der Waals surface area contributed by atoms with Gasteiger partial charge in [0.15, 0.2) is 12.1 Å². The zero-order valence-corrected chi connectivity index (χ0v) is 17.7. The number of aryl methyl sites for hydroxylation is 1. The normalized spacial score (nSPS) is 26.2. The number of pyridine rings is 1. The van der Waals surface area contributed by atoms with Crippen LogP contribution in [-0.4, -0.2) is 55.1 Å². The van der Waals surface area contributed by atoms with Crippen LogP contribution in [0.25, 0.3) is 5.82 Å². The number of carbonyl (C=O) groups excluding carboxylic acids is 2. The van der Waals surface area contributed by atoms with Crippen LogP contribution in [0.15, 0.2) is 35.9 Å². The Bertz CT molecular complexity index is 1010. The first-order chi connectivity index (χ1) is 15.1. The van der Waals surface area contributed by atoms with E-state index in [1.807, 2.05) is 17.2 Å². The summed E-state index contributed by atoms with van der Waals surface area (Å²) < 4.78 is 5.11. The van der Waals surface area contributed by atoms with E-state index in [1.54, 1.807) is 6.92 Å².